The van der Waals surface area contributed by atoms with Crippen LogP contribution in [0.5, 0.6) is 0 Å². The van der Waals surface area contributed by atoms with Crippen molar-refractivity contribution >= 4 is 22.4 Å². The van der Waals surface area contributed by atoms with E-state index in [1.807, 2.05) is 54.3 Å². The van der Waals surface area contributed by atoms with Crippen LogP contribution in [0.15, 0.2) is 82.0 Å². The first-order valence-corrected chi connectivity index (χ1v) is 11.7. The zero-order valence-corrected chi connectivity index (χ0v) is 19.7. The van der Waals surface area contributed by atoms with E-state index in [0.29, 0.717) is 30.6 Å². The minimum absolute atomic E-state index is 0.115. The van der Waals surface area contributed by atoms with Crippen LogP contribution in [-0.4, -0.2) is 36.5 Å². The standard InChI is InChI=1S/C29H28N2O3/c1-19-11-13-22(14-12-19)26-24-9-4-5-10-25(24)29(33)34-27(26)28(32)30-15-16-31(21(3)18-30)23-8-6-7-20(2)17-23/h4-14,17,21H,15-16,18H2,1-3H3/t21-/m1/s1. The molecule has 1 amide bonds. The maximum absolute atomic E-state index is 13.8. The summed E-state index contributed by atoms with van der Waals surface area (Å²) in [5, 5.41) is 1.21. The molecule has 1 fully saturated rings. The van der Waals surface area contributed by atoms with Gasteiger partial charge in [-0.2, -0.15) is 0 Å². The van der Waals surface area contributed by atoms with Gasteiger partial charge < -0.3 is 14.2 Å². The largest absolute Gasteiger partial charge is 0.416 e. The third kappa shape index (κ3) is 3.98. The average molecular weight is 453 g/mol. The molecular formula is C29H28N2O3. The lowest BCUT2D eigenvalue weighted by molar-refractivity contribution is 0.0691. The molecule has 4 aromatic rings. The Kier molecular flexibility index (Phi) is 5.70. The van der Waals surface area contributed by atoms with Gasteiger partial charge in [-0.25, -0.2) is 4.79 Å². The van der Waals surface area contributed by atoms with Crippen molar-refractivity contribution in [2.45, 2.75) is 26.8 Å². The third-order valence-electron chi connectivity index (χ3n) is 6.62. The van der Waals surface area contributed by atoms with Crippen LogP contribution in [0.4, 0.5) is 5.69 Å². The number of rotatable bonds is 3. The van der Waals surface area contributed by atoms with E-state index >= 15 is 0 Å². The molecule has 0 saturated carbocycles. The second kappa shape index (κ2) is 8.82. The number of hydrogen-bond acceptors (Lipinski definition) is 4. The van der Waals surface area contributed by atoms with Crippen molar-refractivity contribution in [2.75, 3.05) is 24.5 Å². The Morgan fingerprint density at radius 3 is 2.32 bits per heavy atom. The Morgan fingerprint density at radius 1 is 0.882 bits per heavy atom. The van der Waals surface area contributed by atoms with Crippen molar-refractivity contribution in [3.63, 3.8) is 0 Å². The van der Waals surface area contributed by atoms with Gasteiger partial charge in [0, 0.05) is 42.3 Å². The van der Waals surface area contributed by atoms with Crippen molar-refractivity contribution in [3.8, 4) is 11.1 Å². The van der Waals surface area contributed by atoms with Crippen molar-refractivity contribution in [3.05, 3.63) is 100 Å². The molecule has 0 N–H and O–H groups in total. The Labute approximate surface area is 199 Å². The van der Waals surface area contributed by atoms with Gasteiger partial charge in [0.2, 0.25) is 5.76 Å². The Bertz CT molecular complexity index is 1420. The fourth-order valence-corrected chi connectivity index (χ4v) is 4.83. The first-order chi connectivity index (χ1) is 16.4. The summed E-state index contributed by atoms with van der Waals surface area (Å²) < 4.78 is 5.72. The minimum atomic E-state index is -0.485. The van der Waals surface area contributed by atoms with E-state index in [4.69, 9.17) is 4.42 Å². The number of benzene rings is 3. The molecule has 0 spiro atoms. The summed E-state index contributed by atoms with van der Waals surface area (Å²) >= 11 is 0. The number of carbonyl (C=O) groups is 1. The van der Waals surface area contributed by atoms with Crippen LogP contribution < -0.4 is 10.5 Å². The average Bonchev–Trinajstić information content (AvgIpc) is 2.84. The SMILES string of the molecule is Cc1ccc(-c2c(C(=O)N3CCN(c4cccc(C)c4)[C@H](C)C3)oc(=O)c3ccccc23)cc1. The van der Waals surface area contributed by atoms with Crippen LogP contribution in [0.3, 0.4) is 0 Å². The minimum Gasteiger partial charge on any atom is -0.416 e. The summed E-state index contributed by atoms with van der Waals surface area (Å²) in [6, 6.07) is 23.9. The lowest BCUT2D eigenvalue weighted by Gasteiger charge is -2.41. The van der Waals surface area contributed by atoms with Gasteiger partial charge in [-0.15, -0.1) is 0 Å². The van der Waals surface area contributed by atoms with Gasteiger partial charge in [-0.3, -0.25) is 4.79 Å². The molecule has 3 aromatic carbocycles. The Hall–Kier alpha value is -3.86. The van der Waals surface area contributed by atoms with Crippen LogP contribution in [0.2, 0.25) is 0 Å². The number of hydrogen-bond donors (Lipinski definition) is 0. The zero-order valence-electron chi connectivity index (χ0n) is 19.7. The van der Waals surface area contributed by atoms with Crippen molar-refractivity contribution in [1.82, 2.24) is 4.90 Å². The van der Waals surface area contributed by atoms with Crippen LogP contribution in [0, 0.1) is 13.8 Å². The molecule has 5 nitrogen and oxygen atoms in total. The number of amides is 1. The van der Waals surface area contributed by atoms with E-state index < -0.39 is 5.63 Å². The number of aryl methyl sites for hydroxylation is 2. The molecule has 0 radical (unpaired) electrons. The second-order valence-electron chi connectivity index (χ2n) is 9.14. The van der Waals surface area contributed by atoms with E-state index in [1.165, 1.54) is 5.56 Å². The van der Waals surface area contributed by atoms with Crippen molar-refractivity contribution < 1.29 is 9.21 Å². The highest BCUT2D eigenvalue weighted by atomic mass is 16.4. The Morgan fingerprint density at radius 2 is 1.62 bits per heavy atom. The maximum atomic E-state index is 13.8. The lowest BCUT2D eigenvalue weighted by atomic mass is 9.97. The summed E-state index contributed by atoms with van der Waals surface area (Å²) in [5.41, 5.74) is 4.55. The number of nitrogens with zero attached hydrogens (tertiary/aromatic N) is 2. The quantitative estimate of drug-likeness (QED) is 0.416. The number of anilines is 1. The highest BCUT2D eigenvalue weighted by Crippen LogP contribution is 2.32. The fourth-order valence-electron chi connectivity index (χ4n) is 4.83. The van der Waals surface area contributed by atoms with Gasteiger partial charge in [0.1, 0.15) is 0 Å². The monoisotopic (exact) mass is 452 g/mol. The van der Waals surface area contributed by atoms with E-state index in [1.54, 1.807) is 6.07 Å². The Balaban J connectivity index is 1.53. The van der Waals surface area contributed by atoms with Gasteiger partial charge in [0.15, 0.2) is 0 Å². The highest BCUT2D eigenvalue weighted by Gasteiger charge is 2.31. The molecule has 1 aromatic heterocycles. The normalized spacial score (nSPS) is 16.1. The topological polar surface area (TPSA) is 53.8 Å². The molecule has 1 aliphatic rings. The maximum Gasteiger partial charge on any atom is 0.344 e. The van der Waals surface area contributed by atoms with Crippen LogP contribution in [-0.2, 0) is 0 Å². The lowest BCUT2D eigenvalue weighted by Crippen LogP contribution is -2.54. The molecule has 0 unspecified atom stereocenters. The third-order valence-corrected chi connectivity index (χ3v) is 6.62. The predicted octanol–water partition coefficient (Wildman–Crippen LogP) is 5.43. The summed E-state index contributed by atoms with van der Waals surface area (Å²) in [4.78, 5) is 30.7. The van der Waals surface area contributed by atoms with Crippen LogP contribution in [0.25, 0.3) is 21.9 Å². The van der Waals surface area contributed by atoms with E-state index in [0.717, 1.165) is 22.2 Å². The predicted molar refractivity (Wildman–Crippen MR) is 137 cm³/mol. The van der Waals surface area contributed by atoms with Gasteiger partial charge in [0.05, 0.1) is 5.39 Å². The molecule has 5 rings (SSSR count). The highest BCUT2D eigenvalue weighted by molar-refractivity contribution is 6.07. The number of fused-ring (bicyclic) bond motifs is 1. The fraction of sp³-hybridized carbons (Fsp3) is 0.241. The van der Waals surface area contributed by atoms with Gasteiger partial charge in [-0.1, -0.05) is 60.2 Å². The zero-order chi connectivity index (χ0) is 23.8. The summed E-state index contributed by atoms with van der Waals surface area (Å²) in [6.07, 6.45) is 0. The number of piperazine rings is 1. The molecule has 1 aliphatic heterocycles. The summed E-state index contributed by atoms with van der Waals surface area (Å²) in [5.74, 6) is -0.127. The van der Waals surface area contributed by atoms with Crippen molar-refractivity contribution in [1.29, 1.82) is 0 Å². The van der Waals surface area contributed by atoms with E-state index in [9.17, 15) is 9.59 Å². The first kappa shape index (κ1) is 22.0. The molecule has 1 saturated heterocycles. The molecule has 2 heterocycles. The van der Waals surface area contributed by atoms with Gasteiger partial charge in [0.25, 0.3) is 5.91 Å². The molecule has 0 aliphatic carbocycles. The van der Waals surface area contributed by atoms with Crippen molar-refractivity contribution in [2.24, 2.45) is 0 Å². The smallest absolute Gasteiger partial charge is 0.344 e. The van der Waals surface area contributed by atoms with Crippen LogP contribution >= 0.6 is 0 Å². The summed E-state index contributed by atoms with van der Waals surface area (Å²) in [7, 11) is 0. The molecular weight excluding hydrogens is 424 g/mol. The van der Waals surface area contributed by atoms with E-state index in [2.05, 4.69) is 43.0 Å². The van der Waals surface area contributed by atoms with Crippen LogP contribution in [0.1, 0.15) is 28.6 Å². The van der Waals surface area contributed by atoms with Gasteiger partial charge in [-0.05, 0) is 50.1 Å². The molecule has 0 bridgehead atoms. The number of carbonyl (C=O) groups excluding carboxylic acids is 1. The van der Waals surface area contributed by atoms with Gasteiger partial charge >= 0.3 is 5.63 Å². The molecule has 1 atom stereocenters. The molecule has 172 valence electrons. The molecule has 5 heteroatoms. The summed E-state index contributed by atoms with van der Waals surface area (Å²) in [6.45, 7) is 8.06. The van der Waals surface area contributed by atoms with E-state index in [-0.39, 0.29) is 17.7 Å². The second-order valence-corrected chi connectivity index (χ2v) is 9.14. The molecule has 34 heavy (non-hydrogen) atoms. The first-order valence-electron chi connectivity index (χ1n) is 11.7.